The molecule has 0 aliphatic heterocycles. The van der Waals surface area contributed by atoms with E-state index in [1.54, 1.807) is 12.1 Å². The Labute approximate surface area is 198 Å². The van der Waals surface area contributed by atoms with Gasteiger partial charge in [0.25, 0.3) is 5.91 Å². The number of fused-ring (bicyclic) bond motifs is 1. The van der Waals surface area contributed by atoms with Gasteiger partial charge in [0, 0.05) is 35.3 Å². The van der Waals surface area contributed by atoms with E-state index in [2.05, 4.69) is 10.6 Å². The standard InChI is InChI=1S/C28H26N4O2/c29-17-22(26(30)28(34)32-23-10-2-1-3-11-23)18-31-25-13-7-6-12-24(25)27(33)21-15-14-19-8-4-5-9-20(19)16-21/h1-17,27,29,31,33H,18,30H2,(H,32,34)/b26-22+,29-17?. The van der Waals surface area contributed by atoms with E-state index in [1.807, 2.05) is 84.9 Å². The number of para-hydroxylation sites is 2. The highest BCUT2D eigenvalue weighted by molar-refractivity contribution is 6.06. The summed E-state index contributed by atoms with van der Waals surface area (Å²) in [6.07, 6.45) is 0.217. The summed E-state index contributed by atoms with van der Waals surface area (Å²) in [4.78, 5) is 12.5. The number of hydrogen-bond donors (Lipinski definition) is 5. The largest absolute Gasteiger partial charge is 0.394 e. The highest BCUT2D eigenvalue weighted by Gasteiger charge is 2.16. The van der Waals surface area contributed by atoms with Crippen molar-refractivity contribution in [3.63, 3.8) is 0 Å². The highest BCUT2D eigenvalue weighted by Crippen LogP contribution is 2.30. The van der Waals surface area contributed by atoms with Crippen molar-refractivity contribution >= 4 is 34.3 Å². The molecular weight excluding hydrogens is 424 g/mol. The van der Waals surface area contributed by atoms with E-state index in [1.165, 1.54) is 0 Å². The van der Waals surface area contributed by atoms with Gasteiger partial charge < -0.3 is 26.9 Å². The zero-order valence-electron chi connectivity index (χ0n) is 18.5. The molecule has 0 aliphatic carbocycles. The van der Waals surface area contributed by atoms with Crippen molar-refractivity contribution in [3.05, 3.63) is 119 Å². The van der Waals surface area contributed by atoms with E-state index < -0.39 is 12.0 Å². The minimum atomic E-state index is -0.848. The molecule has 4 aromatic carbocycles. The fraction of sp³-hybridized carbons (Fsp3) is 0.0714. The highest BCUT2D eigenvalue weighted by atomic mass is 16.3. The van der Waals surface area contributed by atoms with Crippen LogP contribution < -0.4 is 16.4 Å². The zero-order chi connectivity index (χ0) is 23.9. The fourth-order valence-corrected chi connectivity index (χ4v) is 3.73. The minimum absolute atomic E-state index is 0.0427. The van der Waals surface area contributed by atoms with Crippen LogP contribution in [0.2, 0.25) is 0 Å². The van der Waals surface area contributed by atoms with E-state index in [9.17, 15) is 9.90 Å². The number of hydrogen-bond acceptors (Lipinski definition) is 5. The number of amides is 1. The molecule has 0 aromatic heterocycles. The van der Waals surface area contributed by atoms with Gasteiger partial charge in [-0.25, -0.2) is 0 Å². The molecule has 0 fully saturated rings. The summed E-state index contributed by atoms with van der Waals surface area (Å²) in [5, 5.41) is 27.0. The van der Waals surface area contributed by atoms with Crippen molar-refractivity contribution in [1.82, 2.24) is 0 Å². The first kappa shape index (κ1) is 22.8. The van der Waals surface area contributed by atoms with Gasteiger partial charge in [0.05, 0.1) is 0 Å². The number of carbonyl (C=O) groups is 1. The Morgan fingerprint density at radius 2 is 1.59 bits per heavy atom. The van der Waals surface area contributed by atoms with Crippen molar-refractivity contribution in [2.45, 2.75) is 6.10 Å². The van der Waals surface area contributed by atoms with Gasteiger partial charge in [-0.05, 0) is 40.6 Å². The number of rotatable bonds is 8. The molecule has 1 amide bonds. The molecule has 0 radical (unpaired) electrons. The number of nitrogens with two attached hydrogens (primary N) is 1. The Kier molecular flexibility index (Phi) is 7.01. The maximum atomic E-state index is 12.5. The van der Waals surface area contributed by atoms with E-state index in [4.69, 9.17) is 11.1 Å². The van der Waals surface area contributed by atoms with Crippen LogP contribution >= 0.6 is 0 Å². The van der Waals surface area contributed by atoms with Crippen LogP contribution in [0.1, 0.15) is 17.2 Å². The average molecular weight is 451 g/mol. The summed E-state index contributed by atoms with van der Waals surface area (Å²) in [6.45, 7) is 0.152. The van der Waals surface area contributed by atoms with Crippen LogP contribution in [0.5, 0.6) is 0 Å². The zero-order valence-corrected chi connectivity index (χ0v) is 18.5. The predicted molar refractivity (Wildman–Crippen MR) is 138 cm³/mol. The molecule has 6 N–H and O–H groups in total. The van der Waals surface area contributed by atoms with Crippen molar-refractivity contribution in [1.29, 1.82) is 5.41 Å². The minimum Gasteiger partial charge on any atom is -0.394 e. The first-order valence-corrected chi connectivity index (χ1v) is 10.9. The van der Waals surface area contributed by atoms with Gasteiger partial charge in [0.2, 0.25) is 0 Å². The summed E-state index contributed by atoms with van der Waals surface area (Å²) >= 11 is 0. The first-order valence-electron chi connectivity index (χ1n) is 10.9. The molecule has 170 valence electrons. The number of anilines is 2. The van der Waals surface area contributed by atoms with Crippen LogP contribution in [0, 0.1) is 5.41 Å². The molecule has 34 heavy (non-hydrogen) atoms. The van der Waals surface area contributed by atoms with E-state index in [0.29, 0.717) is 22.5 Å². The van der Waals surface area contributed by atoms with Crippen molar-refractivity contribution < 1.29 is 9.90 Å². The maximum Gasteiger partial charge on any atom is 0.271 e. The summed E-state index contributed by atoms with van der Waals surface area (Å²) < 4.78 is 0. The maximum absolute atomic E-state index is 12.5. The topological polar surface area (TPSA) is 111 Å². The van der Waals surface area contributed by atoms with Crippen molar-refractivity contribution in [2.75, 3.05) is 17.2 Å². The van der Waals surface area contributed by atoms with Crippen LogP contribution in [0.15, 0.2) is 108 Å². The molecule has 0 heterocycles. The number of nitrogens with one attached hydrogen (secondary N) is 3. The van der Waals surface area contributed by atoms with Crippen molar-refractivity contribution in [2.24, 2.45) is 5.73 Å². The third kappa shape index (κ3) is 5.14. The second-order valence-corrected chi connectivity index (χ2v) is 7.85. The lowest BCUT2D eigenvalue weighted by Crippen LogP contribution is -2.24. The lowest BCUT2D eigenvalue weighted by Gasteiger charge is -2.18. The number of aliphatic hydroxyl groups is 1. The molecule has 0 bridgehead atoms. The van der Waals surface area contributed by atoms with Crippen molar-refractivity contribution in [3.8, 4) is 0 Å². The predicted octanol–water partition coefficient (Wildman–Crippen LogP) is 4.83. The monoisotopic (exact) mass is 450 g/mol. The molecule has 0 saturated carbocycles. The van der Waals surface area contributed by atoms with Gasteiger partial charge >= 0.3 is 0 Å². The molecular formula is C28H26N4O2. The fourth-order valence-electron chi connectivity index (χ4n) is 3.73. The smallest absolute Gasteiger partial charge is 0.271 e. The van der Waals surface area contributed by atoms with Gasteiger partial charge in [-0.1, -0.05) is 72.8 Å². The second-order valence-electron chi connectivity index (χ2n) is 7.85. The molecule has 1 unspecified atom stereocenters. The molecule has 6 nitrogen and oxygen atoms in total. The van der Waals surface area contributed by atoms with E-state index in [0.717, 1.165) is 22.6 Å². The van der Waals surface area contributed by atoms with Crippen LogP contribution in [-0.2, 0) is 4.79 Å². The summed E-state index contributed by atoms with van der Waals surface area (Å²) in [6, 6.07) is 30.3. The summed E-state index contributed by atoms with van der Waals surface area (Å²) in [7, 11) is 0. The average Bonchev–Trinajstić information content (AvgIpc) is 2.89. The second kappa shape index (κ2) is 10.5. The quantitative estimate of drug-likeness (QED) is 0.195. The summed E-state index contributed by atoms with van der Waals surface area (Å²) in [5.41, 5.74) is 9.13. The van der Waals surface area contributed by atoms with Gasteiger partial charge in [0.1, 0.15) is 11.8 Å². The van der Waals surface area contributed by atoms with Crippen LogP contribution in [0.4, 0.5) is 11.4 Å². The Balaban J connectivity index is 1.53. The van der Waals surface area contributed by atoms with Gasteiger partial charge in [-0.15, -0.1) is 0 Å². The molecule has 4 rings (SSSR count). The number of benzene rings is 4. The SMILES string of the molecule is N=C/C(CNc1ccccc1C(O)c1ccc2ccccc2c1)=C(\N)C(=O)Nc1ccccc1. The van der Waals surface area contributed by atoms with Gasteiger partial charge in [0.15, 0.2) is 0 Å². The van der Waals surface area contributed by atoms with Crippen LogP contribution in [0.3, 0.4) is 0 Å². The Hall–Kier alpha value is -4.42. The molecule has 0 spiro atoms. The normalized spacial score (nSPS) is 12.5. The third-order valence-corrected chi connectivity index (χ3v) is 5.61. The Morgan fingerprint density at radius 1 is 0.912 bits per heavy atom. The molecule has 6 heteroatoms. The van der Waals surface area contributed by atoms with Gasteiger partial charge in [-0.3, -0.25) is 4.79 Å². The first-order chi connectivity index (χ1) is 16.6. The summed E-state index contributed by atoms with van der Waals surface area (Å²) in [5.74, 6) is -0.476. The van der Waals surface area contributed by atoms with E-state index >= 15 is 0 Å². The molecule has 0 aliphatic rings. The molecule has 4 aromatic rings. The lowest BCUT2D eigenvalue weighted by molar-refractivity contribution is -0.112. The molecule has 1 atom stereocenters. The van der Waals surface area contributed by atoms with E-state index in [-0.39, 0.29) is 12.2 Å². The number of carbonyl (C=O) groups excluding carboxylic acids is 1. The lowest BCUT2D eigenvalue weighted by atomic mass is 9.97. The van der Waals surface area contributed by atoms with Crippen LogP contribution in [-0.4, -0.2) is 23.8 Å². The Morgan fingerprint density at radius 3 is 2.35 bits per heavy atom. The Bertz CT molecular complexity index is 1350. The van der Waals surface area contributed by atoms with Crippen LogP contribution in [0.25, 0.3) is 10.8 Å². The third-order valence-electron chi connectivity index (χ3n) is 5.61. The molecule has 0 saturated heterocycles. The van der Waals surface area contributed by atoms with Gasteiger partial charge in [-0.2, -0.15) is 0 Å². The number of aliphatic hydroxyl groups excluding tert-OH is 1.